The summed E-state index contributed by atoms with van der Waals surface area (Å²) in [6, 6.07) is 12.7. The normalized spacial score (nSPS) is 17.0. The highest BCUT2D eigenvalue weighted by Gasteiger charge is 2.19. The summed E-state index contributed by atoms with van der Waals surface area (Å²) in [5, 5.41) is 3.52. The molecule has 1 atom stereocenters. The van der Waals surface area contributed by atoms with Crippen LogP contribution in [0.4, 0.5) is 5.95 Å². The van der Waals surface area contributed by atoms with Crippen molar-refractivity contribution in [3.8, 4) is 0 Å². The SMILES string of the molecule is Cc1cc(C)nc(N[C@H](CN2CCOCC2)c2ccccc2)n1. The Balaban J connectivity index is 1.79. The van der Waals surface area contributed by atoms with E-state index in [1.807, 2.05) is 26.0 Å². The number of benzene rings is 1. The van der Waals surface area contributed by atoms with Crippen molar-refractivity contribution in [2.24, 2.45) is 0 Å². The van der Waals surface area contributed by atoms with Gasteiger partial charge in [-0.15, -0.1) is 0 Å². The van der Waals surface area contributed by atoms with Crippen molar-refractivity contribution in [1.29, 1.82) is 0 Å². The molecule has 1 saturated heterocycles. The standard InChI is InChI=1S/C18H24N4O/c1-14-12-15(2)20-18(19-14)21-17(16-6-4-3-5-7-16)13-22-8-10-23-11-9-22/h3-7,12,17H,8-11,13H2,1-2H3,(H,19,20,21)/t17-/m1/s1. The van der Waals surface area contributed by atoms with Crippen molar-refractivity contribution in [3.63, 3.8) is 0 Å². The lowest BCUT2D eigenvalue weighted by atomic mass is 10.1. The molecule has 2 heterocycles. The average Bonchev–Trinajstić information content (AvgIpc) is 2.55. The Morgan fingerprint density at radius 3 is 2.39 bits per heavy atom. The molecule has 5 heteroatoms. The van der Waals surface area contributed by atoms with Gasteiger partial charge >= 0.3 is 0 Å². The molecule has 1 fully saturated rings. The van der Waals surface area contributed by atoms with Crippen LogP contribution in [0.5, 0.6) is 0 Å². The van der Waals surface area contributed by atoms with Crippen LogP contribution >= 0.6 is 0 Å². The number of rotatable bonds is 5. The van der Waals surface area contributed by atoms with Crippen molar-refractivity contribution in [2.45, 2.75) is 19.9 Å². The van der Waals surface area contributed by atoms with Gasteiger partial charge in [0.15, 0.2) is 0 Å². The van der Waals surface area contributed by atoms with Crippen LogP contribution < -0.4 is 5.32 Å². The van der Waals surface area contributed by atoms with Gasteiger partial charge in [0.05, 0.1) is 19.3 Å². The first kappa shape index (κ1) is 15.9. The number of ether oxygens (including phenoxy) is 1. The summed E-state index contributed by atoms with van der Waals surface area (Å²) in [7, 11) is 0. The van der Waals surface area contributed by atoms with E-state index >= 15 is 0 Å². The number of nitrogens with one attached hydrogen (secondary N) is 1. The van der Waals surface area contributed by atoms with Crippen molar-refractivity contribution in [3.05, 3.63) is 53.3 Å². The molecular weight excluding hydrogens is 288 g/mol. The van der Waals surface area contributed by atoms with E-state index in [-0.39, 0.29) is 6.04 Å². The fraction of sp³-hybridized carbons (Fsp3) is 0.444. The molecule has 3 rings (SSSR count). The number of aromatic nitrogens is 2. The van der Waals surface area contributed by atoms with E-state index < -0.39 is 0 Å². The molecule has 5 nitrogen and oxygen atoms in total. The second-order valence-electron chi connectivity index (χ2n) is 5.99. The molecule has 0 saturated carbocycles. The zero-order valence-corrected chi connectivity index (χ0v) is 13.8. The minimum absolute atomic E-state index is 0.162. The van der Waals surface area contributed by atoms with Crippen LogP contribution in [0.15, 0.2) is 36.4 Å². The van der Waals surface area contributed by atoms with Gasteiger partial charge in [0.1, 0.15) is 0 Å². The predicted octanol–water partition coefficient (Wildman–Crippen LogP) is 2.58. The second kappa shape index (κ2) is 7.53. The van der Waals surface area contributed by atoms with Crippen LogP contribution in [0.2, 0.25) is 0 Å². The summed E-state index contributed by atoms with van der Waals surface area (Å²) >= 11 is 0. The maximum absolute atomic E-state index is 5.45. The first-order chi connectivity index (χ1) is 11.2. The van der Waals surface area contributed by atoms with Crippen molar-refractivity contribution < 1.29 is 4.74 Å². The van der Waals surface area contributed by atoms with Crippen molar-refractivity contribution in [2.75, 3.05) is 38.2 Å². The Hall–Kier alpha value is -1.98. The zero-order valence-electron chi connectivity index (χ0n) is 13.8. The Bertz CT molecular complexity index is 606. The summed E-state index contributed by atoms with van der Waals surface area (Å²) < 4.78 is 5.45. The van der Waals surface area contributed by atoms with Crippen LogP contribution in [-0.4, -0.2) is 47.7 Å². The number of nitrogens with zero attached hydrogens (tertiary/aromatic N) is 3. The van der Waals surface area contributed by atoms with Crippen LogP contribution in [-0.2, 0) is 4.74 Å². The monoisotopic (exact) mass is 312 g/mol. The molecule has 1 aromatic carbocycles. The van der Waals surface area contributed by atoms with Crippen LogP contribution in [0.3, 0.4) is 0 Å². The minimum Gasteiger partial charge on any atom is -0.379 e. The average molecular weight is 312 g/mol. The summed E-state index contributed by atoms with van der Waals surface area (Å²) in [4.78, 5) is 11.5. The summed E-state index contributed by atoms with van der Waals surface area (Å²) in [6.45, 7) is 8.48. The molecule has 0 radical (unpaired) electrons. The van der Waals surface area contributed by atoms with E-state index in [1.54, 1.807) is 0 Å². The van der Waals surface area contributed by atoms with Gasteiger partial charge in [0.2, 0.25) is 5.95 Å². The van der Waals surface area contributed by atoms with Crippen LogP contribution in [0.1, 0.15) is 23.0 Å². The lowest BCUT2D eigenvalue weighted by Crippen LogP contribution is -2.40. The number of anilines is 1. The van der Waals surface area contributed by atoms with Gasteiger partial charge in [0, 0.05) is 31.0 Å². The third kappa shape index (κ3) is 4.50. The van der Waals surface area contributed by atoms with Gasteiger partial charge in [-0.3, -0.25) is 4.90 Å². The molecule has 0 amide bonds. The van der Waals surface area contributed by atoms with E-state index in [1.165, 1.54) is 5.56 Å². The highest BCUT2D eigenvalue weighted by molar-refractivity contribution is 5.34. The quantitative estimate of drug-likeness (QED) is 0.919. The number of aryl methyl sites for hydroxylation is 2. The van der Waals surface area contributed by atoms with Gasteiger partial charge in [-0.25, -0.2) is 9.97 Å². The Labute approximate surface area is 137 Å². The molecule has 122 valence electrons. The highest BCUT2D eigenvalue weighted by Crippen LogP contribution is 2.19. The molecule has 0 aliphatic carbocycles. The van der Waals surface area contributed by atoms with Gasteiger partial charge in [-0.05, 0) is 25.5 Å². The van der Waals surface area contributed by atoms with E-state index in [4.69, 9.17) is 4.74 Å². The molecule has 1 N–H and O–H groups in total. The topological polar surface area (TPSA) is 50.3 Å². The molecule has 2 aromatic rings. The molecule has 23 heavy (non-hydrogen) atoms. The lowest BCUT2D eigenvalue weighted by molar-refractivity contribution is 0.0360. The maximum Gasteiger partial charge on any atom is 0.223 e. The first-order valence-electron chi connectivity index (χ1n) is 8.14. The molecule has 0 unspecified atom stereocenters. The first-order valence-corrected chi connectivity index (χ1v) is 8.14. The van der Waals surface area contributed by atoms with Crippen LogP contribution in [0, 0.1) is 13.8 Å². The fourth-order valence-electron chi connectivity index (χ4n) is 2.91. The Morgan fingerprint density at radius 2 is 1.74 bits per heavy atom. The third-order valence-corrected chi connectivity index (χ3v) is 4.03. The molecule has 0 bridgehead atoms. The summed E-state index contributed by atoms with van der Waals surface area (Å²) in [6.07, 6.45) is 0. The predicted molar refractivity (Wildman–Crippen MR) is 91.6 cm³/mol. The minimum atomic E-state index is 0.162. The Kier molecular flexibility index (Phi) is 5.20. The summed E-state index contributed by atoms with van der Waals surface area (Å²) in [5.74, 6) is 0.699. The fourth-order valence-corrected chi connectivity index (χ4v) is 2.91. The third-order valence-electron chi connectivity index (χ3n) is 4.03. The number of morpholine rings is 1. The van der Waals surface area contributed by atoms with Gasteiger partial charge in [-0.1, -0.05) is 30.3 Å². The molecule has 1 aliphatic heterocycles. The number of hydrogen-bond donors (Lipinski definition) is 1. The molecule has 1 aliphatic rings. The van der Waals surface area contributed by atoms with Crippen molar-refractivity contribution >= 4 is 5.95 Å². The van der Waals surface area contributed by atoms with E-state index in [2.05, 4.69) is 44.5 Å². The van der Waals surface area contributed by atoms with Gasteiger partial charge in [-0.2, -0.15) is 0 Å². The maximum atomic E-state index is 5.45. The zero-order chi connectivity index (χ0) is 16.1. The Morgan fingerprint density at radius 1 is 1.09 bits per heavy atom. The van der Waals surface area contributed by atoms with Crippen LogP contribution in [0.25, 0.3) is 0 Å². The highest BCUT2D eigenvalue weighted by atomic mass is 16.5. The van der Waals surface area contributed by atoms with Gasteiger partial charge in [0.25, 0.3) is 0 Å². The molecule has 1 aromatic heterocycles. The van der Waals surface area contributed by atoms with Crippen molar-refractivity contribution in [1.82, 2.24) is 14.9 Å². The van der Waals surface area contributed by atoms with Gasteiger partial charge < -0.3 is 10.1 Å². The number of hydrogen-bond acceptors (Lipinski definition) is 5. The second-order valence-corrected chi connectivity index (χ2v) is 5.99. The van der Waals surface area contributed by atoms with E-state index in [9.17, 15) is 0 Å². The van der Waals surface area contributed by atoms with E-state index in [0.29, 0.717) is 5.95 Å². The lowest BCUT2D eigenvalue weighted by Gasteiger charge is -2.31. The molecule has 0 spiro atoms. The summed E-state index contributed by atoms with van der Waals surface area (Å²) in [5.41, 5.74) is 3.22. The smallest absolute Gasteiger partial charge is 0.223 e. The largest absolute Gasteiger partial charge is 0.379 e. The van der Waals surface area contributed by atoms with E-state index in [0.717, 1.165) is 44.2 Å². The molecular formula is C18H24N4O.